The highest BCUT2D eigenvalue weighted by Gasteiger charge is 2.33. The molecule has 2 saturated heterocycles. The van der Waals surface area contributed by atoms with Gasteiger partial charge in [-0.15, -0.1) is 11.3 Å². The summed E-state index contributed by atoms with van der Waals surface area (Å²) in [6.07, 6.45) is -11.1. The lowest BCUT2D eigenvalue weighted by molar-refractivity contribution is -0.153. The number of hydrogen-bond donors (Lipinski definition) is 2. The minimum atomic E-state index is -4.65. The van der Waals surface area contributed by atoms with Gasteiger partial charge in [0, 0.05) is 38.3 Å². The number of rotatable bonds is 8. The summed E-state index contributed by atoms with van der Waals surface area (Å²) in [5.74, 6) is 4.52. The Hall–Kier alpha value is -3.48. The molecule has 0 aliphatic carbocycles. The van der Waals surface area contributed by atoms with Crippen LogP contribution in [0, 0.1) is 17.7 Å². The summed E-state index contributed by atoms with van der Waals surface area (Å²) in [5.41, 5.74) is 0.448. The Bertz CT molecular complexity index is 1580. The molecule has 2 aromatic carbocycles. The van der Waals surface area contributed by atoms with E-state index in [0.717, 1.165) is 17.4 Å². The highest BCUT2D eigenvalue weighted by atomic mass is 32.1. The van der Waals surface area contributed by atoms with Crippen LogP contribution in [0.15, 0.2) is 30.3 Å². The van der Waals surface area contributed by atoms with Gasteiger partial charge in [0.2, 0.25) is 0 Å². The number of piperidine rings is 1. The monoisotopic (exact) mass is 676 g/mol. The van der Waals surface area contributed by atoms with Gasteiger partial charge in [-0.05, 0) is 30.5 Å². The predicted octanol–water partition coefficient (Wildman–Crippen LogP) is 6.84. The maximum atomic E-state index is 15.1. The molecule has 2 N–H and O–H groups in total. The Morgan fingerprint density at radius 1 is 1.04 bits per heavy atom. The van der Waals surface area contributed by atoms with Crippen molar-refractivity contribution in [3.63, 3.8) is 0 Å². The van der Waals surface area contributed by atoms with Crippen molar-refractivity contribution in [1.82, 2.24) is 4.90 Å². The summed E-state index contributed by atoms with van der Waals surface area (Å²) in [6.45, 7) is 0.403. The molecule has 0 saturated carbocycles. The zero-order chi connectivity index (χ0) is 33.1. The number of likely N-dealkylation sites (tertiary alicyclic amines) is 1. The first-order chi connectivity index (χ1) is 21.8. The van der Waals surface area contributed by atoms with Crippen LogP contribution in [0.5, 0.6) is 5.75 Å². The molecule has 2 unspecified atom stereocenters. The number of anilines is 3. The van der Waals surface area contributed by atoms with E-state index in [1.165, 1.54) is 6.07 Å². The van der Waals surface area contributed by atoms with E-state index in [9.17, 15) is 30.7 Å². The van der Waals surface area contributed by atoms with Crippen LogP contribution in [0.25, 0.3) is 10.1 Å². The van der Waals surface area contributed by atoms with Crippen molar-refractivity contribution >= 4 is 38.5 Å². The average molecular weight is 677 g/mol. The Morgan fingerprint density at radius 2 is 1.80 bits per heavy atom. The Morgan fingerprint density at radius 3 is 2.50 bits per heavy atom. The molecule has 1 aromatic heterocycles. The van der Waals surface area contributed by atoms with E-state index >= 15 is 4.39 Å². The molecule has 3 heterocycles. The summed E-state index contributed by atoms with van der Waals surface area (Å²) >= 11 is 1.04. The van der Waals surface area contributed by atoms with Gasteiger partial charge in [-0.2, -0.15) is 26.3 Å². The molecule has 15 heteroatoms. The maximum Gasteiger partial charge on any atom is 0.422 e. The van der Waals surface area contributed by atoms with Crippen LogP contribution >= 0.6 is 11.3 Å². The van der Waals surface area contributed by atoms with Crippen LogP contribution in [0.3, 0.4) is 0 Å². The zero-order valence-corrected chi connectivity index (χ0v) is 25.6. The number of hydrogen-bond acceptors (Lipinski definition) is 7. The minimum absolute atomic E-state index is 0.0288. The molecule has 0 amide bonds. The fraction of sp³-hybridized carbons (Fsp3) is 0.484. The molecular formula is C31H32F8N4O2S. The molecule has 0 radical (unpaired) electrons. The third kappa shape index (κ3) is 8.65. The van der Waals surface area contributed by atoms with Crippen LogP contribution in [0.1, 0.15) is 16.9 Å². The fourth-order valence-corrected chi connectivity index (χ4v) is 6.62. The molecule has 3 aromatic rings. The second-order valence-corrected chi connectivity index (χ2v) is 12.2. The van der Waals surface area contributed by atoms with Crippen molar-refractivity contribution in [1.29, 1.82) is 0 Å². The molecular weight excluding hydrogens is 644 g/mol. The lowest BCUT2D eigenvalue weighted by Gasteiger charge is -2.33. The van der Waals surface area contributed by atoms with E-state index in [1.807, 2.05) is 11.9 Å². The zero-order valence-electron chi connectivity index (χ0n) is 24.8. The Balaban J connectivity index is 1.40. The Labute approximate surface area is 264 Å². The van der Waals surface area contributed by atoms with Crippen molar-refractivity contribution in [3.8, 4) is 17.6 Å². The summed E-state index contributed by atoms with van der Waals surface area (Å²) in [6, 6.07) is 6.54. The number of halogens is 8. The van der Waals surface area contributed by atoms with Crippen LogP contribution in [-0.2, 0) is 11.2 Å². The van der Waals surface area contributed by atoms with Crippen molar-refractivity contribution in [2.45, 2.75) is 37.4 Å². The largest absolute Gasteiger partial charge is 0.482 e. The van der Waals surface area contributed by atoms with Gasteiger partial charge in [-0.3, -0.25) is 0 Å². The van der Waals surface area contributed by atoms with Gasteiger partial charge in [-0.1, -0.05) is 24.0 Å². The van der Waals surface area contributed by atoms with Crippen LogP contribution in [-0.4, -0.2) is 89.1 Å². The third-order valence-corrected chi connectivity index (χ3v) is 8.84. The van der Waals surface area contributed by atoms with E-state index in [1.54, 1.807) is 23.1 Å². The maximum absolute atomic E-state index is 15.1. The first kappa shape index (κ1) is 33.9. The number of morpholine rings is 1. The molecule has 2 atom stereocenters. The second-order valence-electron chi connectivity index (χ2n) is 11.2. The van der Waals surface area contributed by atoms with Gasteiger partial charge < -0.3 is 29.9 Å². The predicted molar refractivity (Wildman–Crippen MR) is 162 cm³/mol. The molecule has 250 valence electrons. The molecule has 0 bridgehead atoms. The molecule has 2 aliphatic heterocycles. The van der Waals surface area contributed by atoms with Gasteiger partial charge >= 0.3 is 12.4 Å². The minimum Gasteiger partial charge on any atom is -0.482 e. The van der Waals surface area contributed by atoms with Crippen molar-refractivity contribution < 1.29 is 44.6 Å². The van der Waals surface area contributed by atoms with Crippen LogP contribution < -0.4 is 20.3 Å². The normalized spacial score (nSPS) is 19.5. The SMILES string of the molecule is CN1CCC(Nc2cccc3c(CC(F)(F)F)c(C#CCNc4cc(F)c(N5CCOCC5)cc4OCC(F)(F)F)sc23)C(F)C1. The molecule has 0 spiro atoms. The summed E-state index contributed by atoms with van der Waals surface area (Å²) in [4.78, 5) is 3.65. The number of nitrogens with one attached hydrogen (secondary N) is 2. The topological polar surface area (TPSA) is 49.0 Å². The fourth-order valence-electron chi connectivity index (χ4n) is 5.45. The number of alkyl halides is 7. The van der Waals surface area contributed by atoms with Gasteiger partial charge in [0.1, 0.15) is 17.7 Å². The summed E-state index contributed by atoms with van der Waals surface area (Å²) in [7, 11) is 1.82. The number of benzene rings is 2. The van der Waals surface area contributed by atoms with E-state index in [0.29, 0.717) is 55.0 Å². The molecule has 2 aliphatic rings. The van der Waals surface area contributed by atoms with Gasteiger partial charge in [0.15, 0.2) is 6.61 Å². The van der Waals surface area contributed by atoms with E-state index < -0.39 is 43.4 Å². The number of fused-ring (bicyclic) bond motifs is 1. The molecule has 46 heavy (non-hydrogen) atoms. The Kier molecular flexibility index (Phi) is 10.4. The third-order valence-electron chi connectivity index (χ3n) is 7.64. The highest BCUT2D eigenvalue weighted by molar-refractivity contribution is 7.20. The lowest BCUT2D eigenvalue weighted by Crippen LogP contribution is -2.46. The van der Waals surface area contributed by atoms with Crippen LogP contribution in [0.4, 0.5) is 52.2 Å². The number of nitrogens with zero attached hydrogens (tertiary/aromatic N) is 2. The van der Waals surface area contributed by atoms with Crippen molar-refractivity contribution in [2.24, 2.45) is 0 Å². The lowest BCUT2D eigenvalue weighted by atomic mass is 10.0. The smallest absolute Gasteiger partial charge is 0.422 e. The van der Waals surface area contributed by atoms with Crippen molar-refractivity contribution in [2.75, 3.05) is 75.1 Å². The van der Waals surface area contributed by atoms with E-state index in [-0.39, 0.29) is 40.7 Å². The first-order valence-corrected chi connectivity index (χ1v) is 15.4. The standard InChI is InChI=1S/C31H32F8N4O2S/c1-42-9-7-23(22(33)17-42)41-24-5-2-4-19-20(16-30(34,35)36)28(46-29(19)24)6-3-8-40-25-14-21(32)26(43-10-12-44-13-11-43)15-27(25)45-18-31(37,38)39/h2,4-5,14-15,22-23,40-41H,7-13,16-18H2,1H3. The van der Waals surface area contributed by atoms with E-state index in [4.69, 9.17) is 9.47 Å². The van der Waals surface area contributed by atoms with E-state index in [2.05, 4.69) is 22.5 Å². The van der Waals surface area contributed by atoms with Gasteiger partial charge in [0.25, 0.3) is 0 Å². The summed E-state index contributed by atoms with van der Waals surface area (Å²) < 4.78 is 120. The average Bonchev–Trinajstić information content (AvgIpc) is 3.32. The first-order valence-electron chi connectivity index (χ1n) is 14.6. The van der Waals surface area contributed by atoms with Gasteiger partial charge in [-0.25, -0.2) is 8.78 Å². The quantitative estimate of drug-likeness (QED) is 0.202. The number of thiophene rings is 1. The molecule has 6 nitrogen and oxygen atoms in total. The van der Waals surface area contributed by atoms with Crippen molar-refractivity contribution in [3.05, 3.63) is 46.6 Å². The number of ether oxygens (including phenoxy) is 2. The van der Waals surface area contributed by atoms with Crippen LogP contribution in [0.2, 0.25) is 0 Å². The second kappa shape index (κ2) is 14.1. The molecule has 2 fully saturated rings. The highest BCUT2D eigenvalue weighted by Crippen LogP contribution is 2.40. The molecule has 5 rings (SSSR count). The summed E-state index contributed by atoms with van der Waals surface area (Å²) in [5, 5.41) is 6.26. The van der Waals surface area contributed by atoms with Gasteiger partial charge in [0.05, 0.1) is 58.9 Å².